The minimum absolute atomic E-state index is 0.0810. The van der Waals surface area contributed by atoms with Gasteiger partial charge >= 0.3 is 0 Å². The summed E-state index contributed by atoms with van der Waals surface area (Å²) in [6.45, 7) is 1.72. The van der Waals surface area contributed by atoms with Crippen molar-refractivity contribution in [2.45, 2.75) is 25.4 Å². The van der Waals surface area contributed by atoms with Crippen LogP contribution in [0.2, 0.25) is 0 Å². The number of hydrogen-bond acceptors (Lipinski definition) is 4. The minimum atomic E-state index is 0.0810. The molecule has 4 rings (SSSR count). The lowest BCUT2D eigenvalue weighted by Gasteiger charge is -2.32. The number of rotatable bonds is 3. The molecule has 1 aromatic carbocycles. The van der Waals surface area contributed by atoms with Crippen LogP contribution in [0.1, 0.15) is 18.9 Å². The zero-order valence-electron chi connectivity index (χ0n) is 12.7. The smallest absolute Gasteiger partial charge is 0.244 e. The molecule has 7 nitrogen and oxygen atoms in total. The Morgan fingerprint density at radius 2 is 2.17 bits per heavy atom. The van der Waals surface area contributed by atoms with Gasteiger partial charge in [-0.3, -0.25) is 9.48 Å². The van der Waals surface area contributed by atoms with E-state index in [0.717, 1.165) is 30.4 Å². The molecule has 3 heterocycles. The van der Waals surface area contributed by atoms with Crippen molar-refractivity contribution in [1.29, 1.82) is 0 Å². The predicted molar refractivity (Wildman–Crippen MR) is 84.6 cm³/mol. The van der Waals surface area contributed by atoms with Crippen LogP contribution in [0.5, 0.6) is 0 Å². The van der Waals surface area contributed by atoms with Crippen LogP contribution in [-0.2, 0) is 11.3 Å². The number of hydrogen-bond donors (Lipinski definition) is 0. The number of aromatic nitrogens is 5. The second-order valence-corrected chi connectivity index (χ2v) is 5.86. The molecular weight excluding hydrogens is 292 g/mol. The highest BCUT2D eigenvalue weighted by Gasteiger charge is 2.25. The summed E-state index contributed by atoms with van der Waals surface area (Å²) in [4.78, 5) is 14.5. The lowest BCUT2D eigenvalue weighted by molar-refractivity contribution is -0.133. The Morgan fingerprint density at radius 3 is 3.04 bits per heavy atom. The lowest BCUT2D eigenvalue weighted by atomic mass is 10.1. The average Bonchev–Trinajstić information content (AvgIpc) is 3.25. The van der Waals surface area contributed by atoms with Crippen LogP contribution in [0.3, 0.4) is 0 Å². The van der Waals surface area contributed by atoms with Gasteiger partial charge in [-0.05, 0) is 31.0 Å². The molecule has 1 atom stereocenters. The van der Waals surface area contributed by atoms with Gasteiger partial charge in [-0.2, -0.15) is 5.10 Å². The number of amides is 1. The number of para-hydroxylation sites is 1. The molecule has 0 aliphatic carbocycles. The molecule has 0 N–H and O–H groups in total. The van der Waals surface area contributed by atoms with Crippen molar-refractivity contribution in [1.82, 2.24) is 29.7 Å². The molecule has 1 unspecified atom stereocenters. The molecule has 0 spiro atoms. The molecule has 1 fully saturated rings. The first-order valence-corrected chi connectivity index (χ1v) is 7.86. The summed E-state index contributed by atoms with van der Waals surface area (Å²) in [5.74, 6) is 0.0810. The molecule has 1 amide bonds. The number of likely N-dealkylation sites (tertiary alicyclic amines) is 1. The molecule has 7 heteroatoms. The zero-order valence-corrected chi connectivity index (χ0v) is 12.7. The van der Waals surface area contributed by atoms with Gasteiger partial charge in [-0.15, -0.1) is 5.10 Å². The Kier molecular flexibility index (Phi) is 3.53. The van der Waals surface area contributed by atoms with Crippen molar-refractivity contribution in [3.63, 3.8) is 0 Å². The fraction of sp³-hybridized carbons (Fsp3) is 0.375. The van der Waals surface area contributed by atoms with Gasteiger partial charge < -0.3 is 4.90 Å². The van der Waals surface area contributed by atoms with E-state index in [9.17, 15) is 4.79 Å². The van der Waals surface area contributed by atoms with Crippen LogP contribution in [0.4, 0.5) is 0 Å². The zero-order chi connectivity index (χ0) is 15.6. The number of nitrogens with zero attached hydrogens (tertiary/aromatic N) is 6. The summed E-state index contributed by atoms with van der Waals surface area (Å²) < 4.78 is 3.62. The largest absolute Gasteiger partial charge is 0.339 e. The van der Waals surface area contributed by atoms with Crippen LogP contribution >= 0.6 is 0 Å². The Balaban J connectivity index is 1.48. The van der Waals surface area contributed by atoms with Gasteiger partial charge in [0.05, 0.1) is 11.6 Å². The third-order valence-electron chi connectivity index (χ3n) is 4.35. The second-order valence-electron chi connectivity index (χ2n) is 5.86. The third kappa shape index (κ3) is 2.69. The molecule has 1 aliphatic heterocycles. The van der Waals surface area contributed by atoms with Crippen LogP contribution in [-0.4, -0.2) is 48.7 Å². The number of carbonyl (C=O) groups excluding carboxylic acids is 1. The van der Waals surface area contributed by atoms with E-state index in [1.165, 1.54) is 0 Å². The van der Waals surface area contributed by atoms with E-state index in [0.29, 0.717) is 6.54 Å². The first-order valence-electron chi connectivity index (χ1n) is 7.86. The summed E-state index contributed by atoms with van der Waals surface area (Å²) in [7, 11) is 0. The van der Waals surface area contributed by atoms with E-state index < -0.39 is 0 Å². The van der Waals surface area contributed by atoms with E-state index in [1.807, 2.05) is 46.1 Å². The van der Waals surface area contributed by atoms with Crippen molar-refractivity contribution in [3.05, 3.63) is 42.7 Å². The Hall–Kier alpha value is -2.70. The molecule has 0 saturated carbocycles. The quantitative estimate of drug-likeness (QED) is 0.735. The van der Waals surface area contributed by atoms with Gasteiger partial charge in [-0.1, -0.05) is 17.3 Å². The van der Waals surface area contributed by atoms with Crippen LogP contribution < -0.4 is 0 Å². The van der Waals surface area contributed by atoms with Crippen molar-refractivity contribution in [2.24, 2.45) is 0 Å². The van der Waals surface area contributed by atoms with Gasteiger partial charge in [0.25, 0.3) is 0 Å². The van der Waals surface area contributed by atoms with Crippen molar-refractivity contribution in [2.75, 3.05) is 13.1 Å². The van der Waals surface area contributed by atoms with E-state index >= 15 is 0 Å². The van der Waals surface area contributed by atoms with Gasteiger partial charge in [0.2, 0.25) is 5.91 Å². The maximum atomic E-state index is 12.6. The lowest BCUT2D eigenvalue weighted by Crippen LogP contribution is -2.42. The highest BCUT2D eigenvalue weighted by molar-refractivity contribution is 5.79. The first kappa shape index (κ1) is 13.9. The summed E-state index contributed by atoms with van der Waals surface area (Å²) in [6, 6.07) is 9.87. The van der Waals surface area contributed by atoms with Gasteiger partial charge in [-0.25, -0.2) is 4.68 Å². The molecule has 1 aliphatic rings. The van der Waals surface area contributed by atoms with E-state index in [4.69, 9.17) is 0 Å². The van der Waals surface area contributed by atoms with E-state index in [-0.39, 0.29) is 18.5 Å². The molecule has 0 bridgehead atoms. The van der Waals surface area contributed by atoms with Gasteiger partial charge in [0, 0.05) is 25.5 Å². The molecular formula is C16H18N6O. The molecule has 2 aromatic heterocycles. The fourth-order valence-electron chi connectivity index (χ4n) is 3.16. The number of carbonyl (C=O) groups is 1. The van der Waals surface area contributed by atoms with Gasteiger partial charge in [0.15, 0.2) is 0 Å². The first-order chi connectivity index (χ1) is 11.3. The molecule has 0 radical (unpaired) electrons. The molecule has 1 saturated heterocycles. The van der Waals surface area contributed by atoms with Crippen LogP contribution in [0.15, 0.2) is 42.7 Å². The maximum absolute atomic E-state index is 12.6. The van der Waals surface area contributed by atoms with Crippen molar-refractivity contribution >= 4 is 16.9 Å². The normalized spacial score (nSPS) is 18.4. The van der Waals surface area contributed by atoms with Gasteiger partial charge in [0.1, 0.15) is 12.1 Å². The summed E-state index contributed by atoms with van der Waals surface area (Å²) >= 11 is 0. The number of piperidine rings is 1. The van der Waals surface area contributed by atoms with E-state index in [1.54, 1.807) is 10.9 Å². The topological polar surface area (TPSA) is 68.8 Å². The molecule has 3 aromatic rings. The Morgan fingerprint density at radius 1 is 1.26 bits per heavy atom. The monoisotopic (exact) mass is 310 g/mol. The third-order valence-corrected chi connectivity index (χ3v) is 4.35. The van der Waals surface area contributed by atoms with Crippen molar-refractivity contribution < 1.29 is 4.79 Å². The van der Waals surface area contributed by atoms with Crippen molar-refractivity contribution in [3.8, 4) is 0 Å². The predicted octanol–water partition coefficient (Wildman–Crippen LogP) is 1.49. The SMILES string of the molecule is O=C(Cn1nnc2ccccc21)N1CCCC(n2cccn2)C1. The summed E-state index contributed by atoms with van der Waals surface area (Å²) in [5, 5.41) is 12.5. The molecule has 23 heavy (non-hydrogen) atoms. The number of fused-ring (bicyclic) bond motifs is 1. The van der Waals surface area contributed by atoms with Crippen LogP contribution in [0, 0.1) is 0 Å². The standard InChI is InChI=1S/C16H18N6O/c23-16(12-22-15-7-2-1-6-14(15)18-19-22)20-9-3-5-13(11-20)21-10-4-8-17-21/h1-2,4,6-8,10,13H,3,5,9,11-12H2. The Bertz CT molecular complexity index is 809. The highest BCUT2D eigenvalue weighted by Crippen LogP contribution is 2.21. The average molecular weight is 310 g/mol. The van der Waals surface area contributed by atoms with Crippen LogP contribution in [0.25, 0.3) is 11.0 Å². The maximum Gasteiger partial charge on any atom is 0.244 e. The summed E-state index contributed by atoms with van der Waals surface area (Å²) in [6.07, 6.45) is 5.79. The second kappa shape index (κ2) is 5.83. The minimum Gasteiger partial charge on any atom is -0.339 e. The summed E-state index contributed by atoms with van der Waals surface area (Å²) in [5.41, 5.74) is 1.70. The Labute approximate surface area is 133 Å². The molecule has 118 valence electrons. The number of benzene rings is 1. The fourth-order valence-corrected chi connectivity index (χ4v) is 3.16. The van der Waals surface area contributed by atoms with E-state index in [2.05, 4.69) is 15.4 Å². The highest BCUT2D eigenvalue weighted by atomic mass is 16.2.